The molecule has 4 aromatic rings. The van der Waals surface area contributed by atoms with E-state index in [1.807, 2.05) is 18.2 Å². The molecule has 5 rings (SSSR count). The van der Waals surface area contributed by atoms with E-state index in [1.165, 1.54) is 16.7 Å². The van der Waals surface area contributed by atoms with E-state index < -0.39 is 11.5 Å². The highest BCUT2D eigenvalue weighted by molar-refractivity contribution is 6.05. The second-order valence-electron chi connectivity index (χ2n) is 8.26. The fourth-order valence-corrected chi connectivity index (χ4v) is 4.50. The first kappa shape index (κ1) is 20.9. The van der Waals surface area contributed by atoms with Gasteiger partial charge in [0, 0.05) is 36.5 Å². The van der Waals surface area contributed by atoms with Crippen LogP contribution in [0.15, 0.2) is 64.2 Å². The molecule has 0 aliphatic carbocycles. The largest absolute Gasteiger partial charge is 0.348 e. The maximum Gasteiger partial charge on any atom is 0.348 e. The zero-order valence-electron chi connectivity index (χ0n) is 17.8. The summed E-state index contributed by atoms with van der Waals surface area (Å²) in [4.78, 5) is 42.0. The summed E-state index contributed by atoms with van der Waals surface area (Å²) in [5, 5.41) is 7.25. The number of aromatic nitrogens is 4. The molecule has 1 saturated heterocycles. The quantitative estimate of drug-likeness (QED) is 0.502. The number of amides is 1. The van der Waals surface area contributed by atoms with Crippen molar-refractivity contribution in [3.8, 4) is 5.69 Å². The fourth-order valence-electron chi connectivity index (χ4n) is 4.50. The minimum absolute atomic E-state index is 0.167. The summed E-state index contributed by atoms with van der Waals surface area (Å²) in [6.45, 7) is 1.05. The van der Waals surface area contributed by atoms with Crippen LogP contribution in [0.4, 0.5) is 4.39 Å². The third kappa shape index (κ3) is 3.97. The summed E-state index contributed by atoms with van der Waals surface area (Å²) in [6, 6.07) is 14.7. The Morgan fingerprint density at radius 1 is 1.06 bits per heavy atom. The molecule has 33 heavy (non-hydrogen) atoms. The molecule has 1 aliphatic rings. The van der Waals surface area contributed by atoms with Gasteiger partial charge in [0.05, 0.1) is 11.3 Å². The van der Waals surface area contributed by atoms with Crippen LogP contribution in [0.2, 0.25) is 0 Å². The molecule has 0 unspecified atom stereocenters. The number of hydrogen-bond donors (Lipinski definition) is 2. The first-order valence-corrected chi connectivity index (χ1v) is 10.8. The van der Waals surface area contributed by atoms with Crippen molar-refractivity contribution in [1.29, 1.82) is 0 Å². The van der Waals surface area contributed by atoms with Crippen LogP contribution < -0.4 is 11.2 Å². The first-order chi connectivity index (χ1) is 16.0. The molecule has 0 spiro atoms. The van der Waals surface area contributed by atoms with Gasteiger partial charge in [0.1, 0.15) is 11.6 Å². The van der Waals surface area contributed by atoms with Crippen molar-refractivity contribution in [3.05, 3.63) is 92.6 Å². The van der Waals surface area contributed by atoms with Crippen LogP contribution in [0.5, 0.6) is 0 Å². The van der Waals surface area contributed by atoms with Crippen molar-refractivity contribution in [2.24, 2.45) is 5.92 Å². The van der Waals surface area contributed by atoms with Crippen LogP contribution in [0, 0.1) is 11.7 Å². The van der Waals surface area contributed by atoms with E-state index in [9.17, 15) is 18.8 Å². The minimum Gasteiger partial charge on any atom is -0.339 e. The normalized spacial score (nSPS) is 14.6. The van der Waals surface area contributed by atoms with Gasteiger partial charge in [-0.3, -0.25) is 9.59 Å². The third-order valence-corrected chi connectivity index (χ3v) is 6.19. The second kappa shape index (κ2) is 8.50. The van der Waals surface area contributed by atoms with Crippen molar-refractivity contribution in [2.75, 3.05) is 13.1 Å². The number of nitrogens with one attached hydrogen (secondary N) is 2. The highest BCUT2D eigenvalue weighted by Gasteiger charge is 2.27. The number of benzene rings is 2. The highest BCUT2D eigenvalue weighted by atomic mass is 19.1. The Labute approximate surface area is 187 Å². The molecule has 0 radical (unpaired) electrons. The fraction of sp³-hybridized carbons (Fsp3) is 0.250. The highest BCUT2D eigenvalue weighted by Crippen LogP contribution is 2.24. The topological polar surface area (TPSA) is 104 Å². The van der Waals surface area contributed by atoms with Gasteiger partial charge in [-0.2, -0.15) is 5.10 Å². The molecule has 2 aromatic carbocycles. The Bertz CT molecular complexity index is 1450. The number of hydrogen-bond acceptors (Lipinski definition) is 4. The molecular weight excluding hydrogens is 425 g/mol. The van der Waals surface area contributed by atoms with E-state index in [2.05, 4.69) is 15.2 Å². The van der Waals surface area contributed by atoms with E-state index >= 15 is 0 Å². The zero-order valence-corrected chi connectivity index (χ0v) is 17.8. The SMILES string of the molecule is O=C(c1cc(=O)[nH]c2ccccc12)N1CCC(Cc2n[nH]c(=O)n2-c2ccccc2F)CC1. The van der Waals surface area contributed by atoms with E-state index in [0.717, 1.165) is 5.39 Å². The number of pyridine rings is 1. The molecule has 168 valence electrons. The second-order valence-corrected chi connectivity index (χ2v) is 8.26. The molecule has 0 bridgehead atoms. The molecular formula is C24H22FN5O3. The molecule has 0 saturated carbocycles. The van der Waals surface area contributed by atoms with Gasteiger partial charge in [-0.15, -0.1) is 0 Å². The number of nitrogens with zero attached hydrogens (tertiary/aromatic N) is 3. The van der Waals surface area contributed by atoms with Gasteiger partial charge in [0.2, 0.25) is 5.56 Å². The lowest BCUT2D eigenvalue weighted by atomic mass is 9.92. The maximum atomic E-state index is 14.3. The van der Waals surface area contributed by atoms with Crippen molar-refractivity contribution in [1.82, 2.24) is 24.6 Å². The van der Waals surface area contributed by atoms with Gasteiger partial charge < -0.3 is 9.88 Å². The van der Waals surface area contributed by atoms with Crippen molar-refractivity contribution < 1.29 is 9.18 Å². The number of rotatable bonds is 4. The van der Waals surface area contributed by atoms with Crippen LogP contribution in [0.1, 0.15) is 29.0 Å². The number of aromatic amines is 2. The van der Waals surface area contributed by atoms with Crippen molar-refractivity contribution in [2.45, 2.75) is 19.3 Å². The number of likely N-dealkylation sites (tertiary alicyclic amines) is 1. The van der Waals surface area contributed by atoms with Crippen LogP contribution >= 0.6 is 0 Å². The monoisotopic (exact) mass is 447 g/mol. The average molecular weight is 447 g/mol. The zero-order chi connectivity index (χ0) is 22.9. The summed E-state index contributed by atoms with van der Waals surface area (Å²) in [5.74, 6) is -0.00677. The van der Waals surface area contributed by atoms with Gasteiger partial charge in [-0.25, -0.2) is 18.9 Å². The molecule has 8 nitrogen and oxygen atoms in total. The van der Waals surface area contributed by atoms with Gasteiger partial charge in [0.25, 0.3) is 5.91 Å². The standard InChI is InChI=1S/C24H22FN5O3/c25-18-6-2-4-8-20(18)30-21(27-28-24(30)33)13-15-9-11-29(12-10-15)23(32)17-14-22(31)26-19-7-3-1-5-16(17)19/h1-8,14-15H,9-13H2,(H,26,31)(H,28,33). The number of H-pyrrole nitrogens is 2. The summed E-state index contributed by atoms with van der Waals surface area (Å²) in [6.07, 6.45) is 1.92. The third-order valence-electron chi connectivity index (χ3n) is 6.19. The Morgan fingerprint density at radius 3 is 2.58 bits per heavy atom. The lowest BCUT2D eigenvalue weighted by Crippen LogP contribution is -2.39. The maximum absolute atomic E-state index is 14.3. The smallest absolute Gasteiger partial charge is 0.339 e. The van der Waals surface area contributed by atoms with Gasteiger partial charge in [0.15, 0.2) is 0 Å². The summed E-state index contributed by atoms with van der Waals surface area (Å²) in [7, 11) is 0. The Morgan fingerprint density at radius 2 is 1.79 bits per heavy atom. The van der Waals surface area contributed by atoms with E-state index in [1.54, 1.807) is 29.2 Å². The van der Waals surface area contributed by atoms with Crippen molar-refractivity contribution >= 4 is 16.8 Å². The Balaban J connectivity index is 1.32. The van der Waals surface area contributed by atoms with Crippen LogP contribution in [0.3, 0.4) is 0 Å². The van der Waals surface area contributed by atoms with Gasteiger partial charge >= 0.3 is 5.69 Å². The number of fused-ring (bicyclic) bond motifs is 1. The summed E-state index contributed by atoms with van der Waals surface area (Å²) < 4.78 is 15.5. The van der Waals surface area contributed by atoms with Crippen LogP contribution in [0.25, 0.3) is 16.6 Å². The van der Waals surface area contributed by atoms with Crippen LogP contribution in [-0.2, 0) is 6.42 Å². The number of para-hydroxylation sites is 2. The number of halogens is 1. The molecule has 2 aromatic heterocycles. The van der Waals surface area contributed by atoms with Crippen molar-refractivity contribution in [3.63, 3.8) is 0 Å². The number of carbonyl (C=O) groups is 1. The number of carbonyl (C=O) groups excluding carboxylic acids is 1. The summed E-state index contributed by atoms with van der Waals surface area (Å²) in [5.41, 5.74) is 0.405. The molecule has 2 N–H and O–H groups in total. The molecule has 0 atom stereocenters. The van der Waals surface area contributed by atoms with E-state index in [-0.39, 0.29) is 23.1 Å². The molecule has 3 heterocycles. The van der Waals surface area contributed by atoms with E-state index in [0.29, 0.717) is 49.3 Å². The lowest BCUT2D eigenvalue weighted by molar-refractivity contribution is 0.0691. The predicted octanol–water partition coefficient (Wildman–Crippen LogP) is 2.64. The first-order valence-electron chi connectivity index (χ1n) is 10.8. The summed E-state index contributed by atoms with van der Waals surface area (Å²) >= 11 is 0. The van der Waals surface area contributed by atoms with Crippen LogP contribution in [-0.4, -0.2) is 43.6 Å². The van der Waals surface area contributed by atoms with E-state index in [4.69, 9.17) is 0 Å². The Hall–Kier alpha value is -4.01. The molecule has 1 amide bonds. The Kier molecular flexibility index (Phi) is 5.37. The minimum atomic E-state index is -0.493. The number of piperidine rings is 1. The van der Waals surface area contributed by atoms with Gasteiger partial charge in [-0.05, 0) is 37.0 Å². The molecule has 1 aliphatic heterocycles. The molecule has 9 heteroatoms. The van der Waals surface area contributed by atoms with Gasteiger partial charge in [-0.1, -0.05) is 30.3 Å². The predicted molar refractivity (Wildman–Crippen MR) is 121 cm³/mol. The lowest BCUT2D eigenvalue weighted by Gasteiger charge is -2.32. The molecule has 1 fully saturated rings. The average Bonchev–Trinajstić information content (AvgIpc) is 3.18.